The van der Waals surface area contributed by atoms with Crippen molar-refractivity contribution in [1.82, 2.24) is 0 Å². The van der Waals surface area contributed by atoms with Gasteiger partial charge in [0.2, 0.25) is 0 Å². The number of hydrogen-bond donors (Lipinski definition) is 2. The summed E-state index contributed by atoms with van der Waals surface area (Å²) in [6.07, 6.45) is 0.605. The van der Waals surface area contributed by atoms with Crippen LogP contribution in [0.15, 0.2) is 47.5 Å². The van der Waals surface area contributed by atoms with E-state index in [1.165, 1.54) is 18.2 Å². The topological polar surface area (TPSA) is 50.4 Å². The Morgan fingerprint density at radius 1 is 1.17 bits per heavy atom. The molecule has 2 atom stereocenters. The van der Waals surface area contributed by atoms with Crippen molar-refractivity contribution in [2.45, 2.75) is 25.3 Å². The van der Waals surface area contributed by atoms with Crippen LogP contribution in [0.25, 0.3) is 0 Å². The minimum atomic E-state index is -0.520. The summed E-state index contributed by atoms with van der Waals surface area (Å²) in [5, 5.41) is 3.00. The number of aliphatic imine (C=N–C) groups is 1. The zero-order valence-corrected chi connectivity index (χ0v) is 14.9. The molecule has 2 aromatic rings. The second-order valence-corrected chi connectivity index (χ2v) is 5.55. The lowest BCUT2D eigenvalue weighted by Gasteiger charge is -2.06. The van der Waals surface area contributed by atoms with Crippen molar-refractivity contribution in [2.75, 3.05) is 5.32 Å². The van der Waals surface area contributed by atoms with E-state index in [9.17, 15) is 8.78 Å². The molecule has 1 fully saturated rings. The highest BCUT2D eigenvalue weighted by molar-refractivity contribution is 14.0. The molecule has 0 saturated heterocycles. The zero-order chi connectivity index (χ0) is 15.7. The highest BCUT2D eigenvalue weighted by atomic mass is 127. The third kappa shape index (κ3) is 4.19. The summed E-state index contributed by atoms with van der Waals surface area (Å²) in [5.41, 5.74) is 7.93. The second kappa shape index (κ2) is 7.25. The van der Waals surface area contributed by atoms with Crippen LogP contribution < -0.4 is 11.1 Å². The van der Waals surface area contributed by atoms with Crippen LogP contribution in [0.3, 0.4) is 0 Å². The lowest BCUT2D eigenvalue weighted by molar-refractivity contribution is 0.555. The molecule has 0 aromatic heterocycles. The fourth-order valence-electron chi connectivity index (χ4n) is 2.58. The molecule has 1 saturated carbocycles. The fraction of sp³-hybridized carbons (Fsp3) is 0.235. The Hall–Kier alpha value is -1.70. The standard InChI is InChI=1S/C17H17F2N3.HI/c1-10-4-2-5-11(8-10)21-17(20)22-15-9-12(15)16-13(18)6-3-7-14(16)19;/h2-8,12,15H,9H2,1H3,(H3,20,21,22);1H. The predicted octanol–water partition coefficient (Wildman–Crippen LogP) is 4.17. The molecule has 0 spiro atoms. The Morgan fingerprint density at radius 2 is 1.83 bits per heavy atom. The molecule has 3 N–H and O–H groups in total. The van der Waals surface area contributed by atoms with E-state index in [2.05, 4.69) is 10.3 Å². The molecule has 0 heterocycles. The number of anilines is 1. The molecule has 1 aliphatic rings. The van der Waals surface area contributed by atoms with Crippen molar-refractivity contribution in [3.63, 3.8) is 0 Å². The van der Waals surface area contributed by atoms with E-state index in [4.69, 9.17) is 5.73 Å². The van der Waals surface area contributed by atoms with Gasteiger partial charge in [-0.05, 0) is 43.2 Å². The van der Waals surface area contributed by atoms with Crippen LogP contribution in [0, 0.1) is 18.6 Å². The van der Waals surface area contributed by atoms with Gasteiger partial charge in [0.15, 0.2) is 5.96 Å². The molecule has 3 rings (SSSR count). The first-order valence-corrected chi connectivity index (χ1v) is 7.15. The second-order valence-electron chi connectivity index (χ2n) is 5.55. The number of rotatable bonds is 3. The first kappa shape index (κ1) is 17.7. The largest absolute Gasteiger partial charge is 0.370 e. The third-order valence-corrected chi connectivity index (χ3v) is 3.72. The number of nitrogens with one attached hydrogen (secondary N) is 1. The number of aryl methyl sites for hydroxylation is 1. The maximum atomic E-state index is 13.7. The van der Waals surface area contributed by atoms with E-state index >= 15 is 0 Å². The summed E-state index contributed by atoms with van der Waals surface area (Å²) >= 11 is 0. The van der Waals surface area contributed by atoms with Gasteiger partial charge in [-0.15, -0.1) is 24.0 Å². The molecule has 0 amide bonds. The van der Waals surface area contributed by atoms with Crippen LogP contribution >= 0.6 is 24.0 Å². The quantitative estimate of drug-likeness (QED) is 0.437. The van der Waals surface area contributed by atoms with Crippen LogP contribution in [0.5, 0.6) is 0 Å². The lowest BCUT2D eigenvalue weighted by Crippen LogP contribution is -2.23. The van der Waals surface area contributed by atoms with Crippen molar-refractivity contribution in [2.24, 2.45) is 10.7 Å². The highest BCUT2D eigenvalue weighted by Gasteiger charge is 2.42. The molecular formula is C17H18F2IN3. The number of nitrogens with zero attached hydrogens (tertiary/aromatic N) is 1. The van der Waals surface area contributed by atoms with E-state index in [1.54, 1.807) is 0 Å². The van der Waals surface area contributed by atoms with Crippen LogP contribution in [-0.2, 0) is 0 Å². The molecular weight excluding hydrogens is 411 g/mol. The third-order valence-electron chi connectivity index (χ3n) is 3.72. The molecule has 2 unspecified atom stereocenters. The van der Waals surface area contributed by atoms with Crippen molar-refractivity contribution in [3.8, 4) is 0 Å². The minimum Gasteiger partial charge on any atom is -0.370 e. The van der Waals surface area contributed by atoms with Crippen molar-refractivity contribution in [3.05, 3.63) is 65.2 Å². The molecule has 6 heteroatoms. The van der Waals surface area contributed by atoms with E-state index in [0.29, 0.717) is 6.42 Å². The fourth-order valence-corrected chi connectivity index (χ4v) is 2.58. The molecule has 2 aromatic carbocycles. The molecule has 0 radical (unpaired) electrons. The average molecular weight is 429 g/mol. The molecule has 3 nitrogen and oxygen atoms in total. The summed E-state index contributed by atoms with van der Waals surface area (Å²) in [4.78, 5) is 4.30. The van der Waals surface area contributed by atoms with Crippen LogP contribution in [-0.4, -0.2) is 12.0 Å². The maximum absolute atomic E-state index is 13.7. The number of hydrogen-bond acceptors (Lipinski definition) is 1. The Balaban J connectivity index is 0.00000192. The average Bonchev–Trinajstić information content (AvgIpc) is 3.17. The lowest BCUT2D eigenvalue weighted by atomic mass is 10.1. The Kier molecular flexibility index (Phi) is 5.56. The van der Waals surface area contributed by atoms with Crippen LogP contribution in [0.1, 0.15) is 23.5 Å². The molecule has 1 aliphatic carbocycles. The van der Waals surface area contributed by atoms with Gasteiger partial charge in [-0.3, -0.25) is 0 Å². The molecule has 0 aliphatic heterocycles. The monoisotopic (exact) mass is 429 g/mol. The SMILES string of the molecule is Cc1cccc(NC(N)=NC2CC2c2c(F)cccc2F)c1.I. The summed E-state index contributed by atoms with van der Waals surface area (Å²) in [6, 6.07) is 11.5. The van der Waals surface area contributed by atoms with E-state index in [-0.39, 0.29) is 47.5 Å². The normalized spacial score (nSPS) is 19.9. The maximum Gasteiger partial charge on any atom is 0.193 e. The predicted molar refractivity (Wildman–Crippen MR) is 99.3 cm³/mol. The summed E-state index contributed by atoms with van der Waals surface area (Å²) in [7, 11) is 0. The van der Waals surface area contributed by atoms with Crippen LogP contribution in [0.2, 0.25) is 0 Å². The highest BCUT2D eigenvalue weighted by Crippen LogP contribution is 2.45. The van der Waals surface area contributed by atoms with Crippen molar-refractivity contribution in [1.29, 1.82) is 0 Å². The van der Waals surface area contributed by atoms with Crippen molar-refractivity contribution >= 4 is 35.6 Å². The van der Waals surface area contributed by atoms with Crippen molar-refractivity contribution < 1.29 is 8.78 Å². The Morgan fingerprint density at radius 3 is 2.48 bits per heavy atom. The van der Waals surface area contributed by atoms with E-state index in [0.717, 1.165) is 11.3 Å². The first-order chi connectivity index (χ1) is 10.5. The van der Waals surface area contributed by atoms with Gasteiger partial charge in [0, 0.05) is 17.2 Å². The number of guanidine groups is 1. The summed E-state index contributed by atoms with van der Waals surface area (Å²) in [5.74, 6) is -1.02. The van der Waals surface area contributed by atoms with E-state index < -0.39 is 11.6 Å². The molecule has 0 bridgehead atoms. The minimum absolute atomic E-state index is 0. The molecule has 122 valence electrons. The van der Waals surface area contributed by atoms with Gasteiger partial charge in [0.05, 0.1) is 6.04 Å². The van der Waals surface area contributed by atoms with Gasteiger partial charge in [-0.2, -0.15) is 0 Å². The summed E-state index contributed by atoms with van der Waals surface area (Å²) in [6.45, 7) is 1.98. The van der Waals surface area contributed by atoms with Gasteiger partial charge >= 0.3 is 0 Å². The Labute approximate surface area is 151 Å². The first-order valence-electron chi connectivity index (χ1n) is 7.15. The van der Waals surface area contributed by atoms with Gasteiger partial charge in [0.25, 0.3) is 0 Å². The smallest absolute Gasteiger partial charge is 0.193 e. The summed E-state index contributed by atoms with van der Waals surface area (Å²) < 4.78 is 27.4. The van der Waals surface area contributed by atoms with Gasteiger partial charge in [-0.25, -0.2) is 13.8 Å². The Bertz CT molecular complexity index is 713. The number of benzene rings is 2. The van der Waals surface area contributed by atoms with Gasteiger partial charge in [0.1, 0.15) is 11.6 Å². The zero-order valence-electron chi connectivity index (χ0n) is 12.6. The molecule has 23 heavy (non-hydrogen) atoms. The van der Waals surface area contributed by atoms with Crippen LogP contribution in [0.4, 0.5) is 14.5 Å². The van der Waals surface area contributed by atoms with Gasteiger partial charge in [-0.1, -0.05) is 18.2 Å². The number of halogens is 3. The number of nitrogens with two attached hydrogens (primary N) is 1. The van der Waals surface area contributed by atoms with E-state index in [1.807, 2.05) is 31.2 Å². The van der Waals surface area contributed by atoms with Gasteiger partial charge < -0.3 is 11.1 Å².